The van der Waals surface area contributed by atoms with E-state index >= 15 is 0 Å². The number of hydrogen-bond donors (Lipinski definition) is 2. The molecule has 8 nitrogen and oxygen atoms in total. The molecule has 4 rings (SSSR count). The average molecular weight is 406 g/mol. The Hall–Kier alpha value is -3.42. The molecule has 0 bridgehead atoms. The molecular weight excluding hydrogens is 380 g/mol. The normalized spacial score (nSPS) is 13.9. The van der Waals surface area contributed by atoms with Crippen molar-refractivity contribution in [3.05, 3.63) is 59.7 Å². The molecule has 1 aliphatic carbocycles. The molecule has 0 spiro atoms. The minimum Gasteiger partial charge on any atom is -0.474 e. The van der Waals surface area contributed by atoms with E-state index in [0.717, 1.165) is 29.8 Å². The Morgan fingerprint density at radius 3 is 2.73 bits per heavy atom. The van der Waals surface area contributed by atoms with Crippen LogP contribution in [0.1, 0.15) is 42.6 Å². The number of rotatable bonds is 6. The standard InChI is InChI=1S/C22H26N6O2/c1-15-12-16(2)28(27-15)20-10-9-18(14-24-20)26-22(29)25-13-17-6-5-11-23-21(17)30-19-7-3-4-8-19/h5-6,9-12,14,19H,3-4,7-8,13H2,1-2H3,(H2,25,26,29). The summed E-state index contributed by atoms with van der Waals surface area (Å²) < 4.78 is 7.79. The minimum atomic E-state index is -0.314. The molecule has 30 heavy (non-hydrogen) atoms. The van der Waals surface area contributed by atoms with Gasteiger partial charge in [0, 0.05) is 24.0 Å². The fourth-order valence-electron chi connectivity index (χ4n) is 3.63. The van der Waals surface area contributed by atoms with E-state index in [1.54, 1.807) is 23.1 Å². The number of aromatic nitrogens is 4. The smallest absolute Gasteiger partial charge is 0.319 e. The van der Waals surface area contributed by atoms with Crippen LogP contribution < -0.4 is 15.4 Å². The largest absolute Gasteiger partial charge is 0.474 e. The summed E-state index contributed by atoms with van der Waals surface area (Å²) in [6.45, 7) is 4.25. The maximum atomic E-state index is 12.3. The predicted octanol–water partition coefficient (Wildman–Crippen LogP) is 3.92. The number of carbonyl (C=O) groups is 1. The van der Waals surface area contributed by atoms with Crippen LogP contribution in [0, 0.1) is 13.8 Å². The Bertz CT molecular complexity index is 1010. The number of nitrogens with zero attached hydrogens (tertiary/aromatic N) is 4. The van der Waals surface area contributed by atoms with Crippen molar-refractivity contribution >= 4 is 11.7 Å². The topological polar surface area (TPSA) is 94.0 Å². The zero-order valence-electron chi connectivity index (χ0n) is 17.3. The molecule has 3 heterocycles. The lowest BCUT2D eigenvalue weighted by Gasteiger charge is -2.15. The number of hydrogen-bond acceptors (Lipinski definition) is 5. The number of urea groups is 1. The predicted molar refractivity (Wildman–Crippen MR) is 114 cm³/mol. The van der Waals surface area contributed by atoms with Crippen molar-refractivity contribution in [1.82, 2.24) is 25.1 Å². The monoisotopic (exact) mass is 406 g/mol. The first-order chi connectivity index (χ1) is 14.6. The first kappa shape index (κ1) is 19.9. The van der Waals surface area contributed by atoms with Crippen molar-refractivity contribution in [2.45, 2.75) is 52.2 Å². The zero-order chi connectivity index (χ0) is 20.9. The van der Waals surface area contributed by atoms with E-state index in [1.165, 1.54) is 12.8 Å². The van der Waals surface area contributed by atoms with Crippen molar-refractivity contribution in [2.24, 2.45) is 0 Å². The Kier molecular flexibility index (Phi) is 5.92. The number of carbonyl (C=O) groups excluding carboxylic acids is 1. The third kappa shape index (κ3) is 4.76. The summed E-state index contributed by atoms with van der Waals surface area (Å²) in [6, 6.07) is 9.07. The Morgan fingerprint density at radius 1 is 1.20 bits per heavy atom. The number of amides is 2. The second-order valence-electron chi connectivity index (χ2n) is 7.54. The molecule has 2 amide bonds. The second kappa shape index (κ2) is 8.94. The maximum Gasteiger partial charge on any atom is 0.319 e. The number of aryl methyl sites for hydroxylation is 2. The SMILES string of the molecule is Cc1cc(C)n(-c2ccc(NC(=O)NCc3cccnc3OC3CCCC3)cn2)n1. The van der Waals surface area contributed by atoms with Gasteiger partial charge in [0.15, 0.2) is 5.82 Å². The van der Waals surface area contributed by atoms with Gasteiger partial charge in [-0.05, 0) is 63.8 Å². The van der Waals surface area contributed by atoms with Gasteiger partial charge in [-0.3, -0.25) is 0 Å². The molecule has 3 aromatic heterocycles. The van der Waals surface area contributed by atoms with Crippen LogP contribution in [-0.2, 0) is 6.54 Å². The van der Waals surface area contributed by atoms with Crippen LogP contribution >= 0.6 is 0 Å². The van der Waals surface area contributed by atoms with Crippen molar-refractivity contribution < 1.29 is 9.53 Å². The van der Waals surface area contributed by atoms with Crippen LogP contribution in [0.3, 0.4) is 0 Å². The van der Waals surface area contributed by atoms with Gasteiger partial charge in [-0.2, -0.15) is 5.10 Å². The minimum absolute atomic E-state index is 0.222. The molecule has 0 atom stereocenters. The molecule has 0 saturated heterocycles. The van der Waals surface area contributed by atoms with Crippen molar-refractivity contribution in [2.75, 3.05) is 5.32 Å². The van der Waals surface area contributed by atoms with Crippen molar-refractivity contribution in [1.29, 1.82) is 0 Å². The van der Waals surface area contributed by atoms with E-state index in [-0.39, 0.29) is 12.1 Å². The van der Waals surface area contributed by atoms with E-state index in [2.05, 4.69) is 25.7 Å². The van der Waals surface area contributed by atoms with Crippen LogP contribution in [0.15, 0.2) is 42.7 Å². The van der Waals surface area contributed by atoms with Crippen molar-refractivity contribution in [3.63, 3.8) is 0 Å². The quantitative estimate of drug-likeness (QED) is 0.647. The van der Waals surface area contributed by atoms with Crippen LogP contribution in [0.5, 0.6) is 5.88 Å². The summed E-state index contributed by atoms with van der Waals surface area (Å²) >= 11 is 0. The molecule has 8 heteroatoms. The molecule has 1 aliphatic rings. The highest BCUT2D eigenvalue weighted by Crippen LogP contribution is 2.25. The second-order valence-corrected chi connectivity index (χ2v) is 7.54. The van der Waals surface area contributed by atoms with Gasteiger partial charge in [-0.1, -0.05) is 6.07 Å². The van der Waals surface area contributed by atoms with Crippen LogP contribution in [0.25, 0.3) is 5.82 Å². The number of anilines is 1. The van der Waals surface area contributed by atoms with Crippen LogP contribution in [0.4, 0.5) is 10.5 Å². The van der Waals surface area contributed by atoms with E-state index in [4.69, 9.17) is 4.74 Å². The lowest BCUT2D eigenvalue weighted by atomic mass is 10.2. The molecule has 156 valence electrons. The van der Waals surface area contributed by atoms with Gasteiger partial charge in [0.25, 0.3) is 0 Å². The lowest BCUT2D eigenvalue weighted by Crippen LogP contribution is -2.28. The fraction of sp³-hybridized carbons (Fsp3) is 0.364. The van der Waals surface area contributed by atoms with Crippen LogP contribution in [0.2, 0.25) is 0 Å². The van der Waals surface area contributed by atoms with Gasteiger partial charge in [0.1, 0.15) is 6.10 Å². The molecule has 0 unspecified atom stereocenters. The maximum absolute atomic E-state index is 12.3. The van der Waals surface area contributed by atoms with Gasteiger partial charge in [0.05, 0.1) is 17.6 Å². The molecular formula is C22H26N6O2. The highest BCUT2D eigenvalue weighted by Gasteiger charge is 2.18. The summed E-state index contributed by atoms with van der Waals surface area (Å²) in [6.07, 6.45) is 8.06. The van der Waals surface area contributed by atoms with Gasteiger partial charge in [0.2, 0.25) is 5.88 Å². The van der Waals surface area contributed by atoms with Crippen LogP contribution in [-0.4, -0.2) is 31.9 Å². The third-order valence-electron chi connectivity index (χ3n) is 5.10. The summed E-state index contributed by atoms with van der Waals surface area (Å²) in [5, 5.41) is 10.1. The summed E-state index contributed by atoms with van der Waals surface area (Å²) in [7, 11) is 0. The highest BCUT2D eigenvalue weighted by molar-refractivity contribution is 5.89. The Morgan fingerprint density at radius 2 is 2.03 bits per heavy atom. The lowest BCUT2D eigenvalue weighted by molar-refractivity contribution is 0.199. The first-order valence-electron chi connectivity index (χ1n) is 10.2. The zero-order valence-corrected chi connectivity index (χ0v) is 17.3. The molecule has 3 aromatic rings. The number of nitrogens with one attached hydrogen (secondary N) is 2. The molecule has 0 aliphatic heterocycles. The Balaban J connectivity index is 1.33. The average Bonchev–Trinajstić information content (AvgIpc) is 3.37. The number of pyridine rings is 2. The first-order valence-corrected chi connectivity index (χ1v) is 10.2. The van der Waals surface area contributed by atoms with Crippen molar-refractivity contribution in [3.8, 4) is 11.7 Å². The summed E-state index contributed by atoms with van der Waals surface area (Å²) in [5.74, 6) is 1.30. The highest BCUT2D eigenvalue weighted by atomic mass is 16.5. The Labute approximate surface area is 175 Å². The van der Waals surface area contributed by atoms with Gasteiger partial charge < -0.3 is 15.4 Å². The summed E-state index contributed by atoms with van der Waals surface area (Å²) in [5.41, 5.74) is 3.40. The molecule has 1 saturated carbocycles. The molecule has 1 fully saturated rings. The van der Waals surface area contributed by atoms with E-state index in [0.29, 0.717) is 23.9 Å². The van der Waals surface area contributed by atoms with Gasteiger partial charge in [-0.25, -0.2) is 19.4 Å². The molecule has 2 N–H and O–H groups in total. The molecule has 0 radical (unpaired) electrons. The molecule has 0 aromatic carbocycles. The van der Waals surface area contributed by atoms with E-state index in [1.807, 2.05) is 38.1 Å². The fourth-order valence-corrected chi connectivity index (χ4v) is 3.63. The van der Waals surface area contributed by atoms with Gasteiger partial charge >= 0.3 is 6.03 Å². The summed E-state index contributed by atoms with van der Waals surface area (Å²) in [4.78, 5) is 21.1. The van der Waals surface area contributed by atoms with E-state index in [9.17, 15) is 4.79 Å². The van der Waals surface area contributed by atoms with Gasteiger partial charge in [-0.15, -0.1) is 0 Å². The number of ether oxygens (including phenoxy) is 1. The van der Waals surface area contributed by atoms with E-state index < -0.39 is 0 Å². The third-order valence-corrected chi connectivity index (χ3v) is 5.10.